The number of carbonyl (C=O) groups is 1. The zero-order valence-electron chi connectivity index (χ0n) is 9.50. The van der Waals surface area contributed by atoms with Crippen molar-refractivity contribution in [2.45, 2.75) is 30.9 Å². The molecule has 0 N–H and O–H groups in total. The average Bonchev–Trinajstić information content (AvgIpc) is 2.29. The van der Waals surface area contributed by atoms with Gasteiger partial charge in [0, 0.05) is 11.9 Å². The second-order valence-electron chi connectivity index (χ2n) is 4.32. The SMILES string of the molecule is O=C(Cc1ccccn1)C1CCCCS1(=O)=O. The molecule has 1 fully saturated rings. The van der Waals surface area contributed by atoms with Crippen molar-refractivity contribution in [1.82, 2.24) is 4.98 Å². The second-order valence-corrected chi connectivity index (χ2v) is 6.62. The number of hydrogen-bond acceptors (Lipinski definition) is 4. The predicted molar refractivity (Wildman–Crippen MR) is 64.4 cm³/mol. The quantitative estimate of drug-likeness (QED) is 0.811. The van der Waals surface area contributed by atoms with E-state index in [-0.39, 0.29) is 18.0 Å². The summed E-state index contributed by atoms with van der Waals surface area (Å²) in [6, 6.07) is 5.31. The lowest BCUT2D eigenvalue weighted by Gasteiger charge is -2.20. The van der Waals surface area contributed by atoms with Crippen LogP contribution < -0.4 is 0 Å². The summed E-state index contributed by atoms with van der Waals surface area (Å²) in [6.45, 7) is 0. The first-order chi connectivity index (χ1) is 8.09. The average molecular weight is 253 g/mol. The van der Waals surface area contributed by atoms with E-state index in [2.05, 4.69) is 4.98 Å². The fourth-order valence-corrected chi connectivity index (χ4v) is 4.01. The number of pyridine rings is 1. The fourth-order valence-electron chi connectivity index (χ4n) is 2.11. The number of Topliss-reactive ketones (excluding diaryl/α,β-unsaturated/α-hetero) is 1. The van der Waals surface area contributed by atoms with Crippen LogP contribution in [0.5, 0.6) is 0 Å². The molecule has 92 valence electrons. The molecular formula is C12H15NO3S. The van der Waals surface area contributed by atoms with Gasteiger partial charge in [-0.05, 0) is 25.0 Å². The summed E-state index contributed by atoms with van der Waals surface area (Å²) in [5.41, 5.74) is 0.637. The van der Waals surface area contributed by atoms with Crippen LogP contribution in [0.4, 0.5) is 0 Å². The molecule has 0 saturated carbocycles. The maximum atomic E-state index is 12.0. The van der Waals surface area contributed by atoms with E-state index in [0.29, 0.717) is 18.5 Å². The molecule has 0 radical (unpaired) electrons. The van der Waals surface area contributed by atoms with Crippen molar-refractivity contribution in [3.05, 3.63) is 30.1 Å². The van der Waals surface area contributed by atoms with E-state index in [1.54, 1.807) is 24.4 Å². The van der Waals surface area contributed by atoms with E-state index >= 15 is 0 Å². The minimum Gasteiger partial charge on any atom is -0.298 e. The topological polar surface area (TPSA) is 64.1 Å². The largest absolute Gasteiger partial charge is 0.298 e. The van der Waals surface area contributed by atoms with Gasteiger partial charge < -0.3 is 0 Å². The molecule has 17 heavy (non-hydrogen) atoms. The van der Waals surface area contributed by atoms with Gasteiger partial charge in [0.1, 0.15) is 5.25 Å². The van der Waals surface area contributed by atoms with E-state index < -0.39 is 15.1 Å². The number of nitrogens with zero attached hydrogens (tertiary/aromatic N) is 1. The molecule has 2 rings (SSSR count). The van der Waals surface area contributed by atoms with Crippen LogP contribution in [0.3, 0.4) is 0 Å². The Morgan fingerprint density at radius 3 is 2.82 bits per heavy atom. The Morgan fingerprint density at radius 1 is 1.35 bits per heavy atom. The molecule has 1 unspecified atom stereocenters. The summed E-state index contributed by atoms with van der Waals surface area (Å²) in [4.78, 5) is 16.0. The van der Waals surface area contributed by atoms with Crippen LogP contribution in [0.2, 0.25) is 0 Å². The molecule has 2 heterocycles. The van der Waals surface area contributed by atoms with Gasteiger partial charge >= 0.3 is 0 Å². The highest BCUT2D eigenvalue weighted by Crippen LogP contribution is 2.21. The molecule has 0 bridgehead atoms. The van der Waals surface area contributed by atoms with Crippen molar-refractivity contribution in [2.24, 2.45) is 0 Å². The van der Waals surface area contributed by atoms with Crippen molar-refractivity contribution in [1.29, 1.82) is 0 Å². The molecule has 0 amide bonds. The molecule has 1 atom stereocenters. The molecule has 4 nitrogen and oxygen atoms in total. The minimum absolute atomic E-state index is 0.116. The van der Waals surface area contributed by atoms with Gasteiger partial charge in [0.2, 0.25) is 0 Å². The zero-order chi connectivity index (χ0) is 12.3. The van der Waals surface area contributed by atoms with Crippen LogP contribution in [-0.4, -0.2) is 30.2 Å². The third-order valence-electron chi connectivity index (χ3n) is 3.02. The number of rotatable bonds is 3. The molecule has 0 spiro atoms. The molecule has 1 saturated heterocycles. The third-order valence-corrected chi connectivity index (χ3v) is 5.24. The van der Waals surface area contributed by atoms with Crippen LogP contribution in [0.15, 0.2) is 24.4 Å². The van der Waals surface area contributed by atoms with Gasteiger partial charge in [-0.2, -0.15) is 0 Å². The molecule has 0 aliphatic carbocycles. The van der Waals surface area contributed by atoms with Gasteiger partial charge in [0.25, 0.3) is 0 Å². The maximum absolute atomic E-state index is 12.0. The number of sulfone groups is 1. The van der Waals surface area contributed by atoms with Gasteiger partial charge in [-0.25, -0.2) is 8.42 Å². The molecule has 1 aromatic rings. The van der Waals surface area contributed by atoms with Gasteiger partial charge in [-0.15, -0.1) is 0 Å². The van der Waals surface area contributed by atoms with Crippen molar-refractivity contribution in [3.8, 4) is 0 Å². The number of aromatic nitrogens is 1. The minimum atomic E-state index is -3.22. The lowest BCUT2D eigenvalue weighted by atomic mass is 10.1. The third kappa shape index (κ3) is 2.91. The molecule has 1 aromatic heterocycles. The number of carbonyl (C=O) groups excluding carboxylic acids is 1. The molecule has 5 heteroatoms. The summed E-state index contributed by atoms with van der Waals surface area (Å²) in [7, 11) is -3.22. The predicted octanol–water partition coefficient (Wildman–Crippen LogP) is 1.16. The van der Waals surface area contributed by atoms with E-state index in [1.165, 1.54) is 0 Å². The molecule has 1 aliphatic rings. The first-order valence-electron chi connectivity index (χ1n) is 5.74. The smallest absolute Gasteiger partial charge is 0.160 e. The van der Waals surface area contributed by atoms with Crippen molar-refractivity contribution in [2.75, 3.05) is 5.75 Å². The monoisotopic (exact) mass is 253 g/mol. The lowest BCUT2D eigenvalue weighted by Crippen LogP contribution is -2.36. The highest BCUT2D eigenvalue weighted by atomic mass is 32.2. The van der Waals surface area contributed by atoms with Gasteiger partial charge in [0.05, 0.1) is 12.2 Å². The van der Waals surface area contributed by atoms with Crippen LogP contribution in [0, 0.1) is 0 Å². The highest BCUT2D eigenvalue weighted by molar-refractivity contribution is 7.92. The van der Waals surface area contributed by atoms with Crippen molar-refractivity contribution in [3.63, 3.8) is 0 Å². The van der Waals surface area contributed by atoms with Crippen molar-refractivity contribution < 1.29 is 13.2 Å². The van der Waals surface area contributed by atoms with E-state index in [4.69, 9.17) is 0 Å². The van der Waals surface area contributed by atoms with Crippen LogP contribution >= 0.6 is 0 Å². The summed E-state index contributed by atoms with van der Waals surface area (Å²) < 4.78 is 23.5. The fraction of sp³-hybridized carbons (Fsp3) is 0.500. The van der Waals surface area contributed by atoms with Crippen LogP contribution in [0.25, 0.3) is 0 Å². The van der Waals surface area contributed by atoms with Crippen molar-refractivity contribution >= 4 is 15.6 Å². The first-order valence-corrected chi connectivity index (χ1v) is 7.45. The number of hydrogen-bond donors (Lipinski definition) is 0. The lowest BCUT2D eigenvalue weighted by molar-refractivity contribution is -0.118. The number of ketones is 1. The van der Waals surface area contributed by atoms with Gasteiger partial charge in [0.15, 0.2) is 15.6 Å². The molecule has 0 aromatic carbocycles. The summed E-state index contributed by atoms with van der Waals surface area (Å²) in [5, 5.41) is -0.807. The first kappa shape index (κ1) is 12.2. The summed E-state index contributed by atoms with van der Waals surface area (Å²) in [5.74, 6) is -0.0746. The summed E-state index contributed by atoms with van der Waals surface area (Å²) >= 11 is 0. The van der Waals surface area contributed by atoms with E-state index in [9.17, 15) is 13.2 Å². The summed E-state index contributed by atoms with van der Waals surface area (Å²) in [6.07, 6.45) is 3.68. The highest BCUT2D eigenvalue weighted by Gasteiger charge is 2.34. The second kappa shape index (κ2) is 4.96. The normalized spacial score (nSPS) is 23.2. The molecule has 1 aliphatic heterocycles. The van der Waals surface area contributed by atoms with E-state index in [0.717, 1.165) is 6.42 Å². The maximum Gasteiger partial charge on any atom is 0.160 e. The Balaban J connectivity index is 2.10. The Labute approximate surface area is 101 Å². The Hall–Kier alpha value is -1.23. The standard InChI is InChI=1S/C12H15NO3S/c14-11(9-10-5-1-3-7-13-10)12-6-2-4-8-17(12,15)16/h1,3,5,7,12H,2,4,6,8-9H2. The zero-order valence-corrected chi connectivity index (χ0v) is 10.3. The van der Waals surface area contributed by atoms with Gasteiger partial charge in [-0.3, -0.25) is 9.78 Å². The Kier molecular flexibility index (Phi) is 3.57. The van der Waals surface area contributed by atoms with E-state index in [1.807, 2.05) is 0 Å². The van der Waals surface area contributed by atoms with Gasteiger partial charge in [-0.1, -0.05) is 12.5 Å². The Morgan fingerprint density at radius 2 is 2.18 bits per heavy atom. The van der Waals surface area contributed by atoms with Crippen LogP contribution in [-0.2, 0) is 21.1 Å². The molecular weight excluding hydrogens is 238 g/mol. The van der Waals surface area contributed by atoms with Crippen LogP contribution in [0.1, 0.15) is 25.0 Å². The Bertz CT molecular complexity index is 496.